The molecule has 3 aliphatic carbocycles. The molecule has 0 aromatic heterocycles. The molecule has 4 rings (SSSR count). The van der Waals surface area contributed by atoms with Crippen LogP contribution in [-0.4, -0.2) is 74.2 Å². The van der Waals surface area contributed by atoms with Gasteiger partial charge in [-0.25, -0.2) is 0 Å². The molecule has 4 N–H and O–H groups in total. The Morgan fingerprint density at radius 3 is 2.26 bits per heavy atom. The lowest BCUT2D eigenvalue weighted by atomic mass is 9.57. The third-order valence-corrected chi connectivity index (χ3v) is 7.68. The minimum absolute atomic E-state index is 0.00332. The standard InChI is InChI=1S/C26H29NO8/c1-6-12-7-14(10(2)28)21(30)19-15(12)8-13-9-16-20(27(4)5)23(32)17(11(3)29)24(33)26(16,35)25(34)18(13)22(19)31/h7,13,16,20,30-31,33,35H,6,8-9H2,1-5H3/t13-,16-,20?,26+/m1/s1. The van der Waals surface area contributed by atoms with E-state index in [9.17, 15) is 39.6 Å². The Bertz CT molecular complexity index is 1270. The van der Waals surface area contributed by atoms with Gasteiger partial charge in [0.15, 0.2) is 23.0 Å². The molecule has 35 heavy (non-hydrogen) atoms. The van der Waals surface area contributed by atoms with Gasteiger partial charge in [0.1, 0.15) is 22.8 Å². The first-order valence-corrected chi connectivity index (χ1v) is 11.5. The Kier molecular flexibility index (Phi) is 5.77. The Balaban J connectivity index is 2.02. The van der Waals surface area contributed by atoms with E-state index in [1.165, 1.54) is 11.8 Å². The van der Waals surface area contributed by atoms with Crippen molar-refractivity contribution in [2.45, 2.75) is 51.7 Å². The van der Waals surface area contributed by atoms with Crippen molar-refractivity contribution in [2.75, 3.05) is 14.1 Å². The zero-order valence-corrected chi connectivity index (χ0v) is 20.3. The van der Waals surface area contributed by atoms with Crippen LogP contribution < -0.4 is 0 Å². The molecule has 0 aliphatic heterocycles. The summed E-state index contributed by atoms with van der Waals surface area (Å²) in [6.45, 7) is 4.21. The Morgan fingerprint density at radius 2 is 1.74 bits per heavy atom. The van der Waals surface area contributed by atoms with Gasteiger partial charge in [-0.1, -0.05) is 6.92 Å². The number of hydrogen-bond donors (Lipinski definition) is 4. The number of aliphatic hydroxyl groups is 3. The Morgan fingerprint density at radius 1 is 1.11 bits per heavy atom. The van der Waals surface area contributed by atoms with E-state index in [1.807, 2.05) is 6.92 Å². The molecule has 0 bridgehead atoms. The van der Waals surface area contributed by atoms with Gasteiger partial charge in [0.05, 0.1) is 17.2 Å². The van der Waals surface area contributed by atoms with Gasteiger partial charge >= 0.3 is 0 Å². The highest BCUT2D eigenvalue weighted by molar-refractivity contribution is 6.25. The average Bonchev–Trinajstić information content (AvgIpc) is 2.75. The summed E-state index contributed by atoms with van der Waals surface area (Å²) in [5.41, 5.74) is -2.16. The zero-order valence-electron chi connectivity index (χ0n) is 20.3. The highest BCUT2D eigenvalue weighted by Gasteiger charge is 2.64. The number of phenolic OH excluding ortho intramolecular Hbond substituents is 1. The molecule has 186 valence electrons. The van der Waals surface area contributed by atoms with Crippen molar-refractivity contribution < 1.29 is 39.6 Å². The first-order chi connectivity index (χ1) is 16.3. The third kappa shape index (κ3) is 3.21. The van der Waals surface area contributed by atoms with Gasteiger partial charge < -0.3 is 20.4 Å². The molecule has 1 aromatic carbocycles. The Labute approximate surface area is 202 Å². The number of nitrogens with zero attached hydrogens (tertiary/aromatic N) is 1. The maximum Gasteiger partial charge on any atom is 0.202 e. The van der Waals surface area contributed by atoms with Crippen molar-refractivity contribution in [1.82, 2.24) is 4.90 Å². The number of phenols is 1. The molecular weight excluding hydrogens is 454 g/mol. The summed E-state index contributed by atoms with van der Waals surface area (Å²) in [5, 5.41) is 44.7. The molecule has 0 spiro atoms. The highest BCUT2D eigenvalue weighted by Crippen LogP contribution is 2.53. The van der Waals surface area contributed by atoms with Crippen LogP contribution in [0.4, 0.5) is 0 Å². The predicted molar refractivity (Wildman–Crippen MR) is 125 cm³/mol. The number of fused-ring (bicyclic) bond motifs is 3. The number of aliphatic hydroxyl groups excluding tert-OH is 2. The Hall–Kier alpha value is -3.30. The molecule has 0 amide bonds. The molecule has 9 heteroatoms. The van der Waals surface area contributed by atoms with Crippen molar-refractivity contribution in [3.63, 3.8) is 0 Å². The summed E-state index contributed by atoms with van der Waals surface area (Å²) in [5.74, 6) is -6.62. The van der Waals surface area contributed by atoms with E-state index < -0.39 is 69.5 Å². The smallest absolute Gasteiger partial charge is 0.202 e. The minimum Gasteiger partial charge on any atom is -0.508 e. The van der Waals surface area contributed by atoms with E-state index in [1.54, 1.807) is 20.2 Å². The van der Waals surface area contributed by atoms with Crippen LogP contribution in [0.5, 0.6) is 5.75 Å². The largest absolute Gasteiger partial charge is 0.508 e. The van der Waals surface area contributed by atoms with Crippen LogP contribution in [0.2, 0.25) is 0 Å². The van der Waals surface area contributed by atoms with Crippen LogP contribution in [0.1, 0.15) is 54.2 Å². The molecular formula is C26H29NO8. The first-order valence-electron chi connectivity index (χ1n) is 11.5. The summed E-state index contributed by atoms with van der Waals surface area (Å²) in [7, 11) is 3.17. The van der Waals surface area contributed by atoms with Gasteiger partial charge in [0, 0.05) is 11.5 Å². The topological polar surface area (TPSA) is 152 Å². The quantitative estimate of drug-likeness (QED) is 0.371. The molecule has 3 aliphatic rings. The van der Waals surface area contributed by atoms with Crippen molar-refractivity contribution in [2.24, 2.45) is 11.8 Å². The lowest BCUT2D eigenvalue weighted by Crippen LogP contribution is -2.65. The van der Waals surface area contributed by atoms with Crippen LogP contribution >= 0.6 is 0 Å². The first kappa shape index (κ1) is 24.8. The summed E-state index contributed by atoms with van der Waals surface area (Å²) in [6.07, 6.45) is 0.785. The number of ketones is 4. The lowest BCUT2D eigenvalue weighted by Gasteiger charge is -2.50. The van der Waals surface area contributed by atoms with E-state index in [0.29, 0.717) is 12.0 Å². The zero-order chi connectivity index (χ0) is 26.1. The van der Waals surface area contributed by atoms with Crippen LogP contribution in [0.15, 0.2) is 23.0 Å². The van der Waals surface area contributed by atoms with E-state index in [4.69, 9.17) is 0 Å². The van der Waals surface area contributed by atoms with Gasteiger partial charge in [-0.15, -0.1) is 0 Å². The number of rotatable bonds is 4. The van der Waals surface area contributed by atoms with E-state index >= 15 is 0 Å². The number of benzene rings is 1. The normalized spacial score (nSPS) is 28.1. The molecule has 1 unspecified atom stereocenters. The van der Waals surface area contributed by atoms with Crippen molar-refractivity contribution in [3.8, 4) is 5.75 Å². The van der Waals surface area contributed by atoms with Gasteiger partial charge in [0.2, 0.25) is 5.78 Å². The number of carbonyl (C=O) groups is 4. The molecule has 0 radical (unpaired) electrons. The van der Waals surface area contributed by atoms with Crippen molar-refractivity contribution in [3.05, 3.63) is 45.2 Å². The number of carbonyl (C=O) groups excluding carboxylic acids is 4. The summed E-state index contributed by atoms with van der Waals surface area (Å²) in [6, 6.07) is 0.527. The minimum atomic E-state index is -2.61. The SMILES string of the molecule is CCc1cc(C(C)=O)c(O)c2c1C[C@@H]1C[C@@H]3C(N(C)C)C(=O)C(C(C)=O)=C(O)[C@]3(O)C(=O)C1=C2O. The summed E-state index contributed by atoms with van der Waals surface area (Å²) < 4.78 is 0. The summed E-state index contributed by atoms with van der Waals surface area (Å²) in [4.78, 5) is 52.8. The molecule has 1 aromatic rings. The number of aromatic hydroxyl groups is 1. The molecule has 1 saturated carbocycles. The van der Waals surface area contributed by atoms with Gasteiger partial charge in [-0.3, -0.25) is 24.1 Å². The van der Waals surface area contributed by atoms with Gasteiger partial charge in [0.25, 0.3) is 0 Å². The fourth-order valence-corrected chi connectivity index (χ4v) is 6.07. The summed E-state index contributed by atoms with van der Waals surface area (Å²) >= 11 is 0. The maximum absolute atomic E-state index is 13.8. The van der Waals surface area contributed by atoms with Crippen LogP contribution in [0.25, 0.3) is 5.76 Å². The fraction of sp³-hybridized carbons (Fsp3) is 0.462. The second-order valence-corrected chi connectivity index (χ2v) is 9.85. The van der Waals surface area contributed by atoms with Gasteiger partial charge in [-0.2, -0.15) is 0 Å². The fourth-order valence-electron chi connectivity index (χ4n) is 6.07. The average molecular weight is 484 g/mol. The lowest BCUT2D eigenvalue weighted by molar-refractivity contribution is -0.153. The van der Waals surface area contributed by atoms with Crippen molar-refractivity contribution in [1.29, 1.82) is 0 Å². The second-order valence-electron chi connectivity index (χ2n) is 9.85. The van der Waals surface area contributed by atoms with E-state index in [-0.39, 0.29) is 29.5 Å². The van der Waals surface area contributed by atoms with E-state index in [0.717, 1.165) is 12.5 Å². The van der Waals surface area contributed by atoms with Crippen molar-refractivity contribution >= 4 is 28.9 Å². The molecule has 0 heterocycles. The van der Waals surface area contributed by atoms with Crippen LogP contribution in [-0.2, 0) is 27.2 Å². The van der Waals surface area contributed by atoms with Crippen LogP contribution in [0.3, 0.4) is 0 Å². The maximum atomic E-state index is 13.8. The monoisotopic (exact) mass is 483 g/mol. The number of aryl methyl sites for hydroxylation is 1. The number of likely N-dealkylation sites (N-methyl/N-ethyl adjacent to an activating group) is 1. The highest BCUT2D eigenvalue weighted by atomic mass is 16.3. The molecule has 1 fully saturated rings. The third-order valence-electron chi connectivity index (χ3n) is 7.68. The van der Waals surface area contributed by atoms with Crippen LogP contribution in [0, 0.1) is 11.8 Å². The number of hydrogen-bond acceptors (Lipinski definition) is 9. The van der Waals surface area contributed by atoms with Gasteiger partial charge in [-0.05, 0) is 70.3 Å². The molecule has 0 saturated heterocycles. The molecule has 9 nitrogen and oxygen atoms in total. The van der Waals surface area contributed by atoms with E-state index in [2.05, 4.69) is 0 Å². The number of Topliss-reactive ketones (excluding diaryl/α,β-unsaturated/α-hetero) is 4. The second kappa shape index (κ2) is 8.13. The predicted octanol–water partition coefficient (Wildman–Crippen LogP) is 1.83. The molecule has 4 atom stereocenters.